The van der Waals surface area contributed by atoms with Crippen LogP contribution < -0.4 is 5.32 Å². The van der Waals surface area contributed by atoms with Gasteiger partial charge in [0.15, 0.2) is 6.10 Å². The Labute approximate surface area is 160 Å². The van der Waals surface area contributed by atoms with Crippen LogP contribution in [0.3, 0.4) is 0 Å². The highest BCUT2D eigenvalue weighted by Gasteiger charge is 2.29. The summed E-state index contributed by atoms with van der Waals surface area (Å²) in [5.41, 5.74) is 1.38. The first-order valence-electron chi connectivity index (χ1n) is 8.88. The van der Waals surface area contributed by atoms with Crippen LogP contribution in [-0.2, 0) is 27.1 Å². The topological polar surface area (TPSA) is 94.8 Å². The lowest BCUT2D eigenvalue weighted by Gasteiger charge is -2.14. The second-order valence-electron chi connectivity index (χ2n) is 6.15. The number of aryl methyl sites for hydroxylation is 1. The molecule has 27 heavy (non-hydrogen) atoms. The van der Waals surface area contributed by atoms with Crippen molar-refractivity contribution in [3.8, 4) is 0 Å². The van der Waals surface area contributed by atoms with Crippen LogP contribution in [-0.4, -0.2) is 30.6 Å². The van der Waals surface area contributed by atoms with Crippen molar-refractivity contribution in [1.29, 1.82) is 0 Å². The van der Waals surface area contributed by atoms with E-state index in [0.717, 1.165) is 36.1 Å². The van der Waals surface area contributed by atoms with Crippen molar-refractivity contribution in [2.45, 2.75) is 45.6 Å². The first kappa shape index (κ1) is 19.2. The minimum atomic E-state index is -1.04. The number of thiophene rings is 1. The Morgan fingerprint density at radius 3 is 2.74 bits per heavy atom. The minimum absolute atomic E-state index is 0.0217. The number of rotatable bonds is 6. The molecule has 1 aliphatic rings. The summed E-state index contributed by atoms with van der Waals surface area (Å²) in [4.78, 5) is 37.9. The maximum Gasteiger partial charge on any atom is 0.374 e. The SMILES string of the molecule is CCOC(=O)c1c(NC(=O)[C@@H](C)OC(=O)c2ccco2)sc2c1CCCC2. The zero-order valence-electron chi connectivity index (χ0n) is 15.2. The summed E-state index contributed by atoms with van der Waals surface area (Å²) in [6.45, 7) is 3.47. The van der Waals surface area contributed by atoms with Gasteiger partial charge in [0.1, 0.15) is 5.00 Å². The second-order valence-corrected chi connectivity index (χ2v) is 7.25. The van der Waals surface area contributed by atoms with E-state index in [1.165, 1.54) is 30.6 Å². The molecule has 0 saturated heterocycles. The molecule has 3 rings (SSSR count). The van der Waals surface area contributed by atoms with Gasteiger partial charge in [-0.15, -0.1) is 11.3 Å². The fourth-order valence-electron chi connectivity index (χ4n) is 2.95. The van der Waals surface area contributed by atoms with Gasteiger partial charge in [-0.1, -0.05) is 0 Å². The summed E-state index contributed by atoms with van der Waals surface area (Å²) in [6, 6.07) is 3.02. The highest BCUT2D eigenvalue weighted by Crippen LogP contribution is 2.38. The summed E-state index contributed by atoms with van der Waals surface area (Å²) in [6.07, 6.45) is 4.03. The first-order chi connectivity index (χ1) is 13.0. The summed E-state index contributed by atoms with van der Waals surface area (Å²) >= 11 is 1.39. The number of hydrogen-bond acceptors (Lipinski definition) is 7. The summed E-state index contributed by atoms with van der Waals surface area (Å²) < 4.78 is 15.3. The Bertz CT molecular complexity index is 839. The molecule has 1 atom stereocenters. The molecule has 0 aliphatic heterocycles. The molecule has 1 aliphatic carbocycles. The second kappa shape index (κ2) is 8.39. The molecule has 0 aromatic carbocycles. The van der Waals surface area contributed by atoms with E-state index in [0.29, 0.717) is 10.6 Å². The smallest absolute Gasteiger partial charge is 0.374 e. The lowest BCUT2D eigenvalue weighted by Crippen LogP contribution is -2.30. The molecule has 0 spiro atoms. The number of ether oxygens (including phenoxy) is 2. The number of esters is 2. The van der Waals surface area contributed by atoms with Crippen molar-refractivity contribution in [3.05, 3.63) is 40.2 Å². The molecule has 1 N–H and O–H groups in total. The van der Waals surface area contributed by atoms with E-state index in [-0.39, 0.29) is 12.4 Å². The summed E-state index contributed by atoms with van der Waals surface area (Å²) in [7, 11) is 0. The Balaban J connectivity index is 1.75. The average molecular weight is 391 g/mol. The van der Waals surface area contributed by atoms with Gasteiger partial charge < -0.3 is 19.2 Å². The number of furan rings is 1. The third kappa shape index (κ3) is 4.21. The van der Waals surface area contributed by atoms with Gasteiger partial charge in [0, 0.05) is 4.88 Å². The van der Waals surface area contributed by atoms with Gasteiger partial charge in [0.2, 0.25) is 5.76 Å². The third-order valence-electron chi connectivity index (χ3n) is 4.26. The standard InChI is InChI=1S/C19H21NO6S/c1-3-24-19(23)15-12-7-4-5-9-14(12)27-17(15)20-16(21)11(2)26-18(22)13-8-6-10-25-13/h6,8,10-11H,3-5,7,9H2,1-2H3,(H,20,21)/t11-/m1/s1. The van der Waals surface area contributed by atoms with Gasteiger partial charge >= 0.3 is 11.9 Å². The van der Waals surface area contributed by atoms with Crippen molar-refractivity contribution < 1.29 is 28.3 Å². The molecule has 7 nitrogen and oxygen atoms in total. The normalized spacial score (nSPS) is 14.1. The Hall–Kier alpha value is -2.61. The van der Waals surface area contributed by atoms with Crippen molar-refractivity contribution >= 4 is 34.2 Å². The lowest BCUT2D eigenvalue weighted by molar-refractivity contribution is -0.123. The third-order valence-corrected chi connectivity index (χ3v) is 5.47. The molecule has 2 heterocycles. The van der Waals surface area contributed by atoms with E-state index < -0.39 is 23.9 Å². The number of anilines is 1. The summed E-state index contributed by atoms with van der Waals surface area (Å²) in [5.74, 6) is -1.65. The quantitative estimate of drug-likeness (QED) is 0.757. The van der Waals surface area contributed by atoms with Crippen LogP contribution in [0.5, 0.6) is 0 Å². The predicted molar refractivity (Wildman–Crippen MR) is 99.1 cm³/mol. The largest absolute Gasteiger partial charge is 0.462 e. The molecule has 0 saturated carbocycles. The molecule has 144 valence electrons. The first-order valence-corrected chi connectivity index (χ1v) is 9.70. The zero-order valence-corrected chi connectivity index (χ0v) is 16.0. The molecule has 8 heteroatoms. The van der Waals surface area contributed by atoms with Gasteiger partial charge in [-0.05, 0) is 57.2 Å². The number of nitrogens with one attached hydrogen (secondary N) is 1. The van der Waals surface area contributed by atoms with Crippen LogP contribution in [0.1, 0.15) is 58.0 Å². The molecular formula is C19H21NO6S. The predicted octanol–water partition coefficient (Wildman–Crippen LogP) is 3.58. The van der Waals surface area contributed by atoms with E-state index in [2.05, 4.69) is 5.32 Å². The summed E-state index contributed by atoms with van der Waals surface area (Å²) in [5, 5.41) is 3.18. The van der Waals surface area contributed by atoms with Crippen LogP contribution in [0.25, 0.3) is 0 Å². The van der Waals surface area contributed by atoms with E-state index >= 15 is 0 Å². The molecule has 0 bridgehead atoms. The number of fused-ring (bicyclic) bond motifs is 1. The van der Waals surface area contributed by atoms with Crippen LogP contribution in [0.4, 0.5) is 5.00 Å². The van der Waals surface area contributed by atoms with E-state index in [9.17, 15) is 14.4 Å². The molecule has 0 fully saturated rings. The zero-order chi connectivity index (χ0) is 19.4. The Morgan fingerprint density at radius 2 is 2.04 bits per heavy atom. The number of carbonyl (C=O) groups is 3. The van der Waals surface area contributed by atoms with Crippen molar-refractivity contribution in [1.82, 2.24) is 0 Å². The number of amides is 1. The van der Waals surface area contributed by atoms with Crippen molar-refractivity contribution in [3.63, 3.8) is 0 Å². The molecular weight excluding hydrogens is 370 g/mol. The van der Waals surface area contributed by atoms with Crippen LogP contribution >= 0.6 is 11.3 Å². The van der Waals surface area contributed by atoms with Crippen molar-refractivity contribution in [2.24, 2.45) is 0 Å². The Morgan fingerprint density at radius 1 is 1.26 bits per heavy atom. The fourth-order valence-corrected chi connectivity index (χ4v) is 4.23. The van der Waals surface area contributed by atoms with Crippen LogP contribution in [0.15, 0.2) is 22.8 Å². The van der Waals surface area contributed by atoms with Gasteiger partial charge in [0.25, 0.3) is 5.91 Å². The van der Waals surface area contributed by atoms with E-state index in [1.54, 1.807) is 13.0 Å². The molecule has 1 amide bonds. The van der Waals surface area contributed by atoms with Gasteiger partial charge in [0.05, 0.1) is 18.4 Å². The molecule has 2 aromatic heterocycles. The highest BCUT2D eigenvalue weighted by molar-refractivity contribution is 7.17. The number of hydrogen-bond donors (Lipinski definition) is 1. The van der Waals surface area contributed by atoms with Gasteiger partial charge in [-0.2, -0.15) is 0 Å². The van der Waals surface area contributed by atoms with Crippen LogP contribution in [0.2, 0.25) is 0 Å². The van der Waals surface area contributed by atoms with E-state index in [4.69, 9.17) is 13.9 Å². The highest BCUT2D eigenvalue weighted by atomic mass is 32.1. The van der Waals surface area contributed by atoms with Crippen LogP contribution in [0, 0.1) is 0 Å². The van der Waals surface area contributed by atoms with Gasteiger partial charge in [-0.25, -0.2) is 9.59 Å². The van der Waals surface area contributed by atoms with Gasteiger partial charge in [-0.3, -0.25) is 4.79 Å². The molecule has 2 aromatic rings. The number of carbonyl (C=O) groups excluding carboxylic acids is 3. The van der Waals surface area contributed by atoms with E-state index in [1.807, 2.05) is 0 Å². The average Bonchev–Trinajstić information content (AvgIpc) is 3.29. The fraction of sp³-hybridized carbons (Fsp3) is 0.421. The molecule has 0 unspecified atom stereocenters. The maximum atomic E-state index is 12.5. The lowest BCUT2D eigenvalue weighted by atomic mass is 9.95. The molecule has 0 radical (unpaired) electrons. The van der Waals surface area contributed by atoms with Crippen molar-refractivity contribution in [2.75, 3.05) is 11.9 Å². The monoisotopic (exact) mass is 391 g/mol. The Kier molecular flexibility index (Phi) is 5.95. The maximum absolute atomic E-state index is 12.5. The minimum Gasteiger partial charge on any atom is -0.462 e.